The lowest BCUT2D eigenvalue weighted by Gasteiger charge is -2.13. The Balaban J connectivity index is 2.79. The van der Waals surface area contributed by atoms with Crippen molar-refractivity contribution in [3.8, 4) is 0 Å². The van der Waals surface area contributed by atoms with Crippen molar-refractivity contribution in [3.63, 3.8) is 0 Å². The molecule has 3 nitrogen and oxygen atoms in total. The summed E-state index contributed by atoms with van der Waals surface area (Å²) in [6, 6.07) is 3.88. The van der Waals surface area contributed by atoms with Crippen molar-refractivity contribution < 1.29 is 4.42 Å². The van der Waals surface area contributed by atoms with Crippen LogP contribution in [0.2, 0.25) is 0 Å². The van der Waals surface area contributed by atoms with Crippen LogP contribution in [-0.2, 0) is 0 Å². The topological polar surface area (TPSA) is 42.4 Å². The Morgan fingerprint density at radius 2 is 1.92 bits per heavy atom. The van der Waals surface area contributed by atoms with Gasteiger partial charge in [-0.05, 0) is 12.0 Å². The van der Waals surface area contributed by atoms with Crippen LogP contribution in [0, 0.1) is 5.92 Å². The van der Waals surface area contributed by atoms with Crippen LogP contribution in [0.25, 0.3) is 0 Å². The largest absolute Gasteiger partial charge is 0.444 e. The molecule has 74 valence electrons. The van der Waals surface area contributed by atoms with Crippen LogP contribution in [0.5, 0.6) is 0 Å². The third-order valence-electron chi connectivity index (χ3n) is 2.10. The smallest absolute Gasteiger partial charge is 0.195 e. The van der Waals surface area contributed by atoms with Gasteiger partial charge in [0.1, 0.15) is 5.76 Å². The average Bonchev–Trinajstić information content (AvgIpc) is 2.50. The van der Waals surface area contributed by atoms with E-state index in [1.54, 1.807) is 0 Å². The zero-order chi connectivity index (χ0) is 10.0. The van der Waals surface area contributed by atoms with Gasteiger partial charge >= 0.3 is 0 Å². The van der Waals surface area contributed by atoms with Gasteiger partial charge < -0.3 is 15.1 Å². The maximum Gasteiger partial charge on any atom is 0.195 e. The molecule has 0 aliphatic rings. The summed E-state index contributed by atoms with van der Waals surface area (Å²) in [5, 5.41) is 0. The summed E-state index contributed by atoms with van der Waals surface area (Å²) in [6.07, 6.45) is 0. The summed E-state index contributed by atoms with van der Waals surface area (Å²) < 4.78 is 5.57. The van der Waals surface area contributed by atoms with E-state index in [1.807, 2.05) is 31.1 Å². The molecule has 1 heterocycles. The van der Waals surface area contributed by atoms with Gasteiger partial charge in [-0.2, -0.15) is 0 Å². The standard InChI is InChI=1S/C10H18N2O/c1-7(2)10(11)8-5-6-9(13-8)12(3)4/h5-7,10H,11H2,1-4H3/t10-/m0/s1. The van der Waals surface area contributed by atoms with E-state index in [-0.39, 0.29) is 6.04 Å². The number of nitrogens with zero attached hydrogens (tertiary/aromatic N) is 1. The van der Waals surface area contributed by atoms with Crippen LogP contribution in [0.1, 0.15) is 25.6 Å². The van der Waals surface area contributed by atoms with Gasteiger partial charge in [0.2, 0.25) is 0 Å². The number of rotatable bonds is 3. The summed E-state index contributed by atoms with van der Waals surface area (Å²) in [4.78, 5) is 1.93. The van der Waals surface area contributed by atoms with Gasteiger partial charge in [0, 0.05) is 20.2 Å². The first-order chi connectivity index (χ1) is 6.02. The summed E-state index contributed by atoms with van der Waals surface area (Å²) >= 11 is 0. The molecule has 0 amide bonds. The highest BCUT2D eigenvalue weighted by molar-refractivity contribution is 5.34. The van der Waals surface area contributed by atoms with E-state index >= 15 is 0 Å². The molecule has 0 bridgehead atoms. The van der Waals surface area contributed by atoms with Crippen LogP contribution >= 0.6 is 0 Å². The molecule has 0 radical (unpaired) electrons. The fourth-order valence-corrected chi connectivity index (χ4v) is 1.09. The van der Waals surface area contributed by atoms with Gasteiger partial charge in [-0.3, -0.25) is 0 Å². The van der Waals surface area contributed by atoms with E-state index in [2.05, 4.69) is 13.8 Å². The molecule has 0 aliphatic heterocycles. The SMILES string of the molecule is CC(C)[C@H](N)c1ccc(N(C)C)o1. The molecule has 0 fully saturated rings. The second-order valence-corrected chi connectivity index (χ2v) is 3.84. The molecule has 1 rings (SSSR count). The summed E-state index contributed by atoms with van der Waals surface area (Å²) in [7, 11) is 3.90. The molecular formula is C10H18N2O. The van der Waals surface area contributed by atoms with E-state index in [4.69, 9.17) is 10.2 Å². The third-order valence-corrected chi connectivity index (χ3v) is 2.10. The van der Waals surface area contributed by atoms with Crippen LogP contribution < -0.4 is 10.6 Å². The third kappa shape index (κ3) is 2.25. The maximum atomic E-state index is 5.94. The molecule has 0 saturated heterocycles. The monoisotopic (exact) mass is 182 g/mol. The molecule has 1 aromatic rings. The van der Waals surface area contributed by atoms with Crippen molar-refractivity contribution >= 4 is 5.88 Å². The lowest BCUT2D eigenvalue weighted by Crippen LogP contribution is -2.15. The second-order valence-electron chi connectivity index (χ2n) is 3.84. The van der Waals surface area contributed by atoms with Gasteiger partial charge in [0.15, 0.2) is 5.88 Å². The Bertz CT molecular complexity index is 266. The Morgan fingerprint density at radius 3 is 2.31 bits per heavy atom. The first-order valence-electron chi connectivity index (χ1n) is 4.55. The second kappa shape index (κ2) is 3.83. The van der Waals surface area contributed by atoms with E-state index in [0.29, 0.717) is 5.92 Å². The zero-order valence-corrected chi connectivity index (χ0v) is 8.74. The molecule has 1 atom stereocenters. The maximum absolute atomic E-state index is 5.94. The lowest BCUT2D eigenvalue weighted by atomic mass is 10.0. The Morgan fingerprint density at radius 1 is 1.31 bits per heavy atom. The van der Waals surface area contributed by atoms with Crippen LogP contribution in [0.3, 0.4) is 0 Å². The Hall–Kier alpha value is -0.960. The number of nitrogens with two attached hydrogens (primary N) is 1. The average molecular weight is 182 g/mol. The van der Waals surface area contributed by atoms with Crippen LogP contribution in [0.4, 0.5) is 5.88 Å². The zero-order valence-electron chi connectivity index (χ0n) is 8.74. The van der Waals surface area contributed by atoms with E-state index in [1.165, 1.54) is 0 Å². The molecule has 0 unspecified atom stereocenters. The molecule has 0 spiro atoms. The summed E-state index contributed by atoms with van der Waals surface area (Å²) in [5.74, 6) is 2.12. The molecule has 13 heavy (non-hydrogen) atoms. The summed E-state index contributed by atoms with van der Waals surface area (Å²) in [6.45, 7) is 4.17. The molecule has 0 aromatic carbocycles. The van der Waals surface area contributed by atoms with Gasteiger partial charge in [0.25, 0.3) is 0 Å². The number of furan rings is 1. The Labute approximate surface area is 79.5 Å². The van der Waals surface area contributed by atoms with Gasteiger partial charge in [-0.1, -0.05) is 13.8 Å². The first kappa shape index (κ1) is 10.1. The van der Waals surface area contributed by atoms with E-state index in [0.717, 1.165) is 11.6 Å². The van der Waals surface area contributed by atoms with E-state index < -0.39 is 0 Å². The minimum Gasteiger partial charge on any atom is -0.444 e. The minimum absolute atomic E-state index is 0.00583. The fraction of sp³-hybridized carbons (Fsp3) is 0.600. The first-order valence-corrected chi connectivity index (χ1v) is 4.55. The van der Waals surface area contributed by atoms with Crippen molar-refractivity contribution in [3.05, 3.63) is 17.9 Å². The quantitative estimate of drug-likeness (QED) is 0.777. The van der Waals surface area contributed by atoms with Gasteiger partial charge in [-0.25, -0.2) is 0 Å². The molecule has 2 N–H and O–H groups in total. The number of hydrogen-bond donors (Lipinski definition) is 1. The van der Waals surface area contributed by atoms with Crippen molar-refractivity contribution in [1.82, 2.24) is 0 Å². The molecule has 3 heteroatoms. The highest BCUT2D eigenvalue weighted by Gasteiger charge is 2.14. The van der Waals surface area contributed by atoms with Gasteiger partial charge in [0.05, 0.1) is 6.04 Å². The predicted molar refractivity (Wildman–Crippen MR) is 54.8 cm³/mol. The molecule has 1 aromatic heterocycles. The number of hydrogen-bond acceptors (Lipinski definition) is 3. The van der Waals surface area contributed by atoms with Crippen molar-refractivity contribution in [2.75, 3.05) is 19.0 Å². The number of anilines is 1. The Kier molecular flexibility index (Phi) is 2.98. The highest BCUT2D eigenvalue weighted by atomic mass is 16.4. The van der Waals surface area contributed by atoms with Crippen molar-refractivity contribution in [1.29, 1.82) is 0 Å². The summed E-state index contributed by atoms with van der Waals surface area (Å²) in [5.41, 5.74) is 5.94. The molecule has 0 aliphatic carbocycles. The predicted octanol–water partition coefficient (Wildman–Crippen LogP) is 2.00. The normalized spacial score (nSPS) is 13.4. The fourth-order valence-electron chi connectivity index (χ4n) is 1.09. The van der Waals surface area contributed by atoms with Gasteiger partial charge in [-0.15, -0.1) is 0 Å². The van der Waals surface area contributed by atoms with E-state index in [9.17, 15) is 0 Å². The molecular weight excluding hydrogens is 164 g/mol. The molecule has 0 saturated carbocycles. The van der Waals surface area contributed by atoms with Crippen molar-refractivity contribution in [2.24, 2.45) is 11.7 Å². The van der Waals surface area contributed by atoms with Crippen LogP contribution in [0.15, 0.2) is 16.5 Å². The minimum atomic E-state index is -0.00583. The van der Waals surface area contributed by atoms with Crippen LogP contribution in [-0.4, -0.2) is 14.1 Å². The highest BCUT2D eigenvalue weighted by Crippen LogP contribution is 2.24. The van der Waals surface area contributed by atoms with Crippen molar-refractivity contribution in [2.45, 2.75) is 19.9 Å². The lowest BCUT2D eigenvalue weighted by molar-refractivity contribution is 0.405.